The zero-order valence-corrected chi connectivity index (χ0v) is 23.8. The van der Waals surface area contributed by atoms with Crippen LogP contribution in [0.3, 0.4) is 0 Å². The Morgan fingerprint density at radius 2 is 0.629 bits per heavy atom. The van der Waals surface area contributed by atoms with Gasteiger partial charge in [0.25, 0.3) is 0 Å². The second-order valence-corrected chi connectivity index (χ2v) is 11.0. The molecule has 0 fully saturated rings. The van der Waals surface area contributed by atoms with E-state index in [2.05, 4.69) is 21.9 Å². The van der Waals surface area contributed by atoms with Crippen LogP contribution in [0.2, 0.25) is 0 Å². The molecule has 0 spiro atoms. The first-order valence-corrected chi connectivity index (χ1v) is 16.0. The van der Waals surface area contributed by atoms with Gasteiger partial charge in [-0.05, 0) is 6.42 Å². The molecular weight excluding hydrogens is 426 g/mol. The summed E-state index contributed by atoms with van der Waals surface area (Å²) in [4.78, 5) is 12.3. The van der Waals surface area contributed by atoms with E-state index in [1.807, 2.05) is 0 Å². The lowest BCUT2D eigenvalue weighted by Gasteiger charge is -2.04. The van der Waals surface area contributed by atoms with Gasteiger partial charge in [-0.1, -0.05) is 174 Å². The molecule has 1 heterocycles. The lowest BCUT2D eigenvalue weighted by Crippen LogP contribution is -1.94. The van der Waals surface area contributed by atoms with Gasteiger partial charge in [-0.3, -0.25) is 0 Å². The quantitative estimate of drug-likeness (QED) is 0.110. The van der Waals surface area contributed by atoms with Gasteiger partial charge in [0.1, 0.15) is 18.5 Å². The van der Waals surface area contributed by atoms with Crippen LogP contribution >= 0.6 is 0 Å². The van der Waals surface area contributed by atoms with Crippen molar-refractivity contribution in [2.24, 2.45) is 0 Å². The lowest BCUT2D eigenvalue weighted by atomic mass is 10.0. The number of hydrogen-bond donors (Lipinski definition) is 0. The minimum Gasteiger partial charge on any atom is -0.225 e. The van der Waals surface area contributed by atoms with E-state index in [1.54, 1.807) is 12.7 Å². The average Bonchev–Trinajstić information content (AvgIpc) is 2.89. The average molecular weight is 488 g/mol. The van der Waals surface area contributed by atoms with E-state index in [-0.39, 0.29) is 0 Å². The van der Waals surface area contributed by atoms with E-state index >= 15 is 0 Å². The molecule has 0 aliphatic rings. The molecule has 1 rings (SSSR count). The maximum atomic E-state index is 4.19. The number of hydrogen-bond acceptors (Lipinski definition) is 3. The Labute approximate surface area is 220 Å². The zero-order valence-electron chi connectivity index (χ0n) is 23.8. The van der Waals surface area contributed by atoms with Crippen LogP contribution < -0.4 is 0 Å². The van der Waals surface area contributed by atoms with Crippen LogP contribution in [0, 0.1) is 0 Å². The topological polar surface area (TPSA) is 38.7 Å². The van der Waals surface area contributed by atoms with Gasteiger partial charge in [0, 0.05) is 6.42 Å². The van der Waals surface area contributed by atoms with Crippen LogP contribution in [0.5, 0.6) is 0 Å². The van der Waals surface area contributed by atoms with Crippen LogP contribution in [0.1, 0.15) is 186 Å². The Bertz CT molecular complexity index is 505. The third-order valence-electron chi connectivity index (χ3n) is 7.55. The molecule has 0 saturated heterocycles. The third kappa shape index (κ3) is 24.5. The highest BCUT2D eigenvalue weighted by Crippen LogP contribution is 2.16. The summed E-state index contributed by atoms with van der Waals surface area (Å²) in [5.74, 6) is 0.944. The Hall–Kier alpha value is -0.990. The first-order valence-electron chi connectivity index (χ1n) is 16.0. The molecule has 0 amide bonds. The molecule has 0 bridgehead atoms. The Morgan fingerprint density at radius 3 is 0.914 bits per heavy atom. The van der Waals surface area contributed by atoms with Crippen molar-refractivity contribution >= 4 is 0 Å². The number of nitrogens with zero attached hydrogens (tertiary/aromatic N) is 3. The molecule has 0 aromatic carbocycles. The van der Waals surface area contributed by atoms with Gasteiger partial charge >= 0.3 is 0 Å². The summed E-state index contributed by atoms with van der Waals surface area (Å²) in [6.07, 6.45) is 43.2. The molecule has 3 heteroatoms. The Balaban J connectivity index is 1.63. The minimum absolute atomic E-state index is 0.944. The number of aromatic nitrogens is 3. The molecule has 0 saturated carbocycles. The number of aryl methyl sites for hydroxylation is 1. The van der Waals surface area contributed by atoms with E-state index in [0.29, 0.717) is 0 Å². The van der Waals surface area contributed by atoms with E-state index in [4.69, 9.17) is 0 Å². The normalized spacial score (nSPS) is 11.3. The van der Waals surface area contributed by atoms with Crippen molar-refractivity contribution in [3.63, 3.8) is 0 Å². The molecule has 35 heavy (non-hydrogen) atoms. The molecule has 0 atom stereocenters. The molecule has 1 aromatic rings. The highest BCUT2D eigenvalue weighted by atomic mass is 15.0. The fourth-order valence-electron chi connectivity index (χ4n) is 5.17. The maximum Gasteiger partial charge on any atom is 0.131 e. The summed E-state index contributed by atoms with van der Waals surface area (Å²) in [5, 5.41) is 0. The van der Waals surface area contributed by atoms with E-state index in [9.17, 15) is 0 Å². The molecule has 204 valence electrons. The fourth-order valence-corrected chi connectivity index (χ4v) is 5.17. The summed E-state index contributed by atoms with van der Waals surface area (Å²) in [5.41, 5.74) is 0. The molecule has 0 N–H and O–H groups in total. The molecule has 0 aliphatic heterocycles. The second kappa shape index (κ2) is 27.6. The van der Waals surface area contributed by atoms with E-state index in [0.717, 1.165) is 12.2 Å². The van der Waals surface area contributed by atoms with Gasteiger partial charge in [-0.25, -0.2) is 15.0 Å². The summed E-state index contributed by atoms with van der Waals surface area (Å²) in [6.45, 7) is 2.30. The first-order chi connectivity index (χ1) is 17.4. The van der Waals surface area contributed by atoms with Crippen molar-refractivity contribution in [3.05, 3.63) is 18.5 Å². The van der Waals surface area contributed by atoms with Crippen molar-refractivity contribution in [2.75, 3.05) is 0 Å². The molecule has 0 radical (unpaired) electrons. The summed E-state index contributed by atoms with van der Waals surface area (Å²) in [7, 11) is 0. The van der Waals surface area contributed by atoms with Crippen LogP contribution in [-0.4, -0.2) is 15.0 Å². The first kappa shape index (κ1) is 32.0. The van der Waals surface area contributed by atoms with E-state index in [1.165, 1.54) is 173 Å². The molecule has 0 aliphatic carbocycles. The third-order valence-corrected chi connectivity index (χ3v) is 7.55. The highest BCUT2D eigenvalue weighted by Gasteiger charge is 1.98. The van der Waals surface area contributed by atoms with Gasteiger partial charge in [0.2, 0.25) is 0 Å². The summed E-state index contributed by atoms with van der Waals surface area (Å²) in [6, 6.07) is 0. The maximum absolute atomic E-state index is 4.19. The summed E-state index contributed by atoms with van der Waals surface area (Å²) < 4.78 is 0. The van der Waals surface area contributed by atoms with Gasteiger partial charge in [-0.15, -0.1) is 0 Å². The molecule has 3 nitrogen and oxygen atoms in total. The Kier molecular flexibility index (Phi) is 25.3. The predicted octanol–water partition coefficient (Wildman–Crippen LogP) is 11.0. The monoisotopic (exact) mass is 487 g/mol. The van der Waals surface area contributed by atoms with Gasteiger partial charge in [-0.2, -0.15) is 0 Å². The fraction of sp³-hybridized carbons (Fsp3) is 0.906. The van der Waals surface area contributed by atoms with Crippen LogP contribution in [0.4, 0.5) is 0 Å². The van der Waals surface area contributed by atoms with Crippen LogP contribution in [0.25, 0.3) is 0 Å². The minimum atomic E-state index is 0.944. The largest absolute Gasteiger partial charge is 0.225 e. The second-order valence-electron chi connectivity index (χ2n) is 11.0. The van der Waals surface area contributed by atoms with Crippen molar-refractivity contribution < 1.29 is 0 Å². The standard InChI is InChI=1S/C32H61N3/c1-2-3-4-5-6-7-8-9-10-11-12-13-14-15-16-17-18-19-20-21-22-23-24-25-26-27-28-29-32-34-30-33-31-35-32/h30-31H,2-29H2,1H3. The molecular formula is C32H61N3. The van der Waals surface area contributed by atoms with Gasteiger partial charge < -0.3 is 0 Å². The van der Waals surface area contributed by atoms with Gasteiger partial charge in [0.05, 0.1) is 0 Å². The highest BCUT2D eigenvalue weighted by molar-refractivity contribution is 4.80. The number of unbranched alkanes of at least 4 members (excludes halogenated alkanes) is 26. The van der Waals surface area contributed by atoms with Crippen LogP contribution in [-0.2, 0) is 6.42 Å². The molecule has 1 aromatic heterocycles. The lowest BCUT2D eigenvalue weighted by molar-refractivity contribution is 0.514. The number of rotatable bonds is 28. The predicted molar refractivity (Wildman–Crippen MR) is 154 cm³/mol. The smallest absolute Gasteiger partial charge is 0.131 e. The molecule has 0 unspecified atom stereocenters. The van der Waals surface area contributed by atoms with Crippen molar-refractivity contribution in [2.45, 2.75) is 187 Å². The SMILES string of the molecule is CCCCCCCCCCCCCCCCCCCCCCCCCCCCCc1ncncn1. The Morgan fingerprint density at radius 1 is 0.371 bits per heavy atom. The van der Waals surface area contributed by atoms with Crippen molar-refractivity contribution in [1.82, 2.24) is 15.0 Å². The van der Waals surface area contributed by atoms with Crippen molar-refractivity contribution in [1.29, 1.82) is 0 Å². The van der Waals surface area contributed by atoms with Crippen molar-refractivity contribution in [3.8, 4) is 0 Å². The van der Waals surface area contributed by atoms with Gasteiger partial charge in [0.15, 0.2) is 0 Å². The summed E-state index contributed by atoms with van der Waals surface area (Å²) >= 11 is 0. The van der Waals surface area contributed by atoms with E-state index < -0.39 is 0 Å². The van der Waals surface area contributed by atoms with Crippen LogP contribution in [0.15, 0.2) is 12.7 Å². The zero-order chi connectivity index (χ0) is 24.9.